The Balaban J connectivity index is 2.48. The van der Waals surface area contributed by atoms with Crippen molar-refractivity contribution < 1.29 is 19.1 Å². The van der Waals surface area contributed by atoms with Gasteiger partial charge in [-0.25, -0.2) is 20.0 Å². The van der Waals surface area contributed by atoms with Crippen LogP contribution in [-0.4, -0.2) is 35.4 Å². The predicted molar refractivity (Wildman–Crippen MR) is 52.0 cm³/mol. The van der Waals surface area contributed by atoms with Crippen molar-refractivity contribution in [1.29, 1.82) is 0 Å². The van der Waals surface area contributed by atoms with Crippen LogP contribution in [0.1, 0.15) is 27.7 Å². The first kappa shape index (κ1) is 11.6. The fourth-order valence-electron chi connectivity index (χ4n) is 1.07. The van der Waals surface area contributed by atoms with Crippen LogP contribution < -0.4 is 5.43 Å². The molecule has 1 aliphatic heterocycles. The molecule has 0 aromatic heterocycles. The molecule has 6 nitrogen and oxygen atoms in total. The van der Waals surface area contributed by atoms with Crippen molar-refractivity contribution in [1.82, 2.24) is 10.4 Å². The van der Waals surface area contributed by atoms with Gasteiger partial charge in [-0.2, -0.15) is 0 Å². The van der Waals surface area contributed by atoms with Crippen molar-refractivity contribution in [3.63, 3.8) is 0 Å². The largest absolute Gasteiger partial charge is 0.446 e. The van der Waals surface area contributed by atoms with E-state index in [1.807, 2.05) is 0 Å². The summed E-state index contributed by atoms with van der Waals surface area (Å²) in [6, 6.07) is -0.176. The molecule has 0 aliphatic carbocycles. The van der Waals surface area contributed by atoms with Gasteiger partial charge < -0.3 is 9.47 Å². The van der Waals surface area contributed by atoms with Gasteiger partial charge in [0.15, 0.2) is 0 Å². The average Bonchev–Trinajstić information content (AvgIpc) is 2.32. The number of hydrogen-bond acceptors (Lipinski definition) is 4. The number of carbonyl (C=O) groups excluding carboxylic acids is 2. The zero-order valence-electron chi connectivity index (χ0n) is 9.36. The fourth-order valence-corrected chi connectivity index (χ4v) is 1.07. The molecule has 0 unspecified atom stereocenters. The molecular formula is C9H16N2O4. The van der Waals surface area contributed by atoms with Crippen molar-refractivity contribution in [2.75, 3.05) is 6.61 Å². The van der Waals surface area contributed by atoms with E-state index >= 15 is 0 Å². The molecule has 6 heteroatoms. The molecule has 1 atom stereocenters. The van der Waals surface area contributed by atoms with E-state index in [1.54, 1.807) is 27.7 Å². The van der Waals surface area contributed by atoms with E-state index in [4.69, 9.17) is 9.47 Å². The second-order valence-corrected chi connectivity index (χ2v) is 4.41. The van der Waals surface area contributed by atoms with Gasteiger partial charge in [0.2, 0.25) is 0 Å². The van der Waals surface area contributed by atoms with Crippen molar-refractivity contribution >= 4 is 12.2 Å². The van der Waals surface area contributed by atoms with Crippen LogP contribution in [0.4, 0.5) is 9.59 Å². The van der Waals surface area contributed by atoms with Crippen LogP contribution in [0.2, 0.25) is 0 Å². The number of ether oxygens (including phenoxy) is 2. The summed E-state index contributed by atoms with van der Waals surface area (Å²) >= 11 is 0. The van der Waals surface area contributed by atoms with E-state index in [0.717, 1.165) is 5.01 Å². The Labute approximate surface area is 88.5 Å². The van der Waals surface area contributed by atoms with Gasteiger partial charge in [0.1, 0.15) is 12.2 Å². The van der Waals surface area contributed by atoms with E-state index < -0.39 is 17.8 Å². The summed E-state index contributed by atoms with van der Waals surface area (Å²) in [5.41, 5.74) is 1.75. The van der Waals surface area contributed by atoms with Gasteiger partial charge in [-0.1, -0.05) is 0 Å². The molecule has 0 aromatic carbocycles. The monoisotopic (exact) mass is 216 g/mol. The number of nitrogens with zero attached hydrogens (tertiary/aromatic N) is 1. The molecule has 15 heavy (non-hydrogen) atoms. The molecule has 86 valence electrons. The Morgan fingerprint density at radius 1 is 1.60 bits per heavy atom. The molecule has 0 spiro atoms. The number of nitrogens with one attached hydrogen (secondary N) is 1. The lowest BCUT2D eigenvalue weighted by atomic mass is 10.2. The summed E-state index contributed by atoms with van der Waals surface area (Å²) in [7, 11) is 0. The number of cyclic esters (lactones) is 1. The minimum absolute atomic E-state index is 0.176. The molecule has 0 radical (unpaired) electrons. The van der Waals surface area contributed by atoms with E-state index in [1.165, 1.54) is 0 Å². The predicted octanol–water partition coefficient (Wildman–Crippen LogP) is 1.27. The lowest BCUT2D eigenvalue weighted by Crippen LogP contribution is -2.48. The summed E-state index contributed by atoms with van der Waals surface area (Å²) in [5, 5.41) is 1.12. The third-order valence-electron chi connectivity index (χ3n) is 1.70. The molecule has 0 aromatic rings. The van der Waals surface area contributed by atoms with Crippen molar-refractivity contribution in [3.8, 4) is 0 Å². The maximum Gasteiger partial charge on any atom is 0.429 e. The first-order chi connectivity index (χ1) is 6.79. The van der Waals surface area contributed by atoms with E-state index in [-0.39, 0.29) is 12.6 Å². The van der Waals surface area contributed by atoms with Crippen LogP contribution in [0, 0.1) is 0 Å². The van der Waals surface area contributed by atoms with Crippen LogP contribution in [0.3, 0.4) is 0 Å². The zero-order chi connectivity index (χ0) is 11.6. The highest BCUT2D eigenvalue weighted by molar-refractivity contribution is 5.75. The number of amides is 2. The Kier molecular flexibility index (Phi) is 3.06. The van der Waals surface area contributed by atoms with Gasteiger partial charge in [-0.15, -0.1) is 0 Å². The number of rotatable bonds is 1. The molecule has 1 rings (SSSR count). The summed E-state index contributed by atoms with van der Waals surface area (Å²) in [6.07, 6.45) is -1.22. The maximum absolute atomic E-state index is 11.3. The molecule has 1 fully saturated rings. The second-order valence-electron chi connectivity index (χ2n) is 4.41. The normalized spacial score (nSPS) is 21.2. The molecule has 0 bridgehead atoms. The topological polar surface area (TPSA) is 67.9 Å². The molecule has 1 heterocycles. The smallest absolute Gasteiger partial charge is 0.429 e. The summed E-state index contributed by atoms with van der Waals surface area (Å²) < 4.78 is 9.72. The molecule has 2 amide bonds. The van der Waals surface area contributed by atoms with Gasteiger partial charge in [0.25, 0.3) is 0 Å². The van der Waals surface area contributed by atoms with E-state index in [2.05, 4.69) is 5.43 Å². The van der Waals surface area contributed by atoms with E-state index in [0.29, 0.717) is 0 Å². The van der Waals surface area contributed by atoms with Gasteiger partial charge in [-0.05, 0) is 27.7 Å². The number of hydrazine groups is 1. The van der Waals surface area contributed by atoms with Crippen molar-refractivity contribution in [2.24, 2.45) is 0 Å². The SMILES string of the molecule is C[C@@H]1COC(=O)N1NC(=O)OC(C)(C)C. The third-order valence-corrected chi connectivity index (χ3v) is 1.70. The minimum Gasteiger partial charge on any atom is -0.446 e. The average molecular weight is 216 g/mol. The maximum atomic E-state index is 11.3. The van der Waals surface area contributed by atoms with Crippen LogP contribution in [0.25, 0.3) is 0 Å². The molecule has 1 aliphatic rings. The summed E-state index contributed by atoms with van der Waals surface area (Å²) in [5.74, 6) is 0. The first-order valence-corrected chi connectivity index (χ1v) is 4.75. The Morgan fingerprint density at radius 2 is 2.20 bits per heavy atom. The summed E-state index contributed by atoms with van der Waals surface area (Å²) in [6.45, 7) is 7.28. The van der Waals surface area contributed by atoms with Gasteiger partial charge in [0, 0.05) is 0 Å². The summed E-state index contributed by atoms with van der Waals surface area (Å²) in [4.78, 5) is 22.4. The lowest BCUT2D eigenvalue weighted by Gasteiger charge is -2.23. The first-order valence-electron chi connectivity index (χ1n) is 4.75. The lowest BCUT2D eigenvalue weighted by molar-refractivity contribution is 0.0360. The Morgan fingerprint density at radius 3 is 2.60 bits per heavy atom. The highest BCUT2D eigenvalue weighted by Gasteiger charge is 2.32. The van der Waals surface area contributed by atoms with E-state index in [9.17, 15) is 9.59 Å². The third kappa shape index (κ3) is 3.30. The highest BCUT2D eigenvalue weighted by Crippen LogP contribution is 2.10. The highest BCUT2D eigenvalue weighted by atomic mass is 16.6. The van der Waals surface area contributed by atoms with Crippen LogP contribution in [0.5, 0.6) is 0 Å². The Bertz CT molecular complexity index is 272. The van der Waals surface area contributed by atoms with Crippen LogP contribution in [-0.2, 0) is 9.47 Å². The Hall–Kier alpha value is -1.46. The molecular weight excluding hydrogens is 200 g/mol. The minimum atomic E-state index is -0.659. The van der Waals surface area contributed by atoms with Crippen LogP contribution in [0.15, 0.2) is 0 Å². The quantitative estimate of drug-likeness (QED) is 0.716. The van der Waals surface area contributed by atoms with Gasteiger partial charge in [0.05, 0.1) is 6.04 Å². The van der Waals surface area contributed by atoms with Crippen LogP contribution >= 0.6 is 0 Å². The van der Waals surface area contributed by atoms with Crippen molar-refractivity contribution in [2.45, 2.75) is 39.3 Å². The van der Waals surface area contributed by atoms with Gasteiger partial charge in [-0.3, -0.25) is 0 Å². The number of hydrogen-bond donors (Lipinski definition) is 1. The molecule has 1 saturated heterocycles. The zero-order valence-corrected chi connectivity index (χ0v) is 9.36. The second kappa shape index (κ2) is 3.96. The standard InChI is InChI=1S/C9H16N2O4/c1-6-5-14-8(13)11(6)10-7(12)15-9(2,3)4/h6H,5H2,1-4H3,(H,10,12)/t6-/m1/s1. The fraction of sp³-hybridized carbons (Fsp3) is 0.778. The molecule has 0 saturated carbocycles. The van der Waals surface area contributed by atoms with Gasteiger partial charge >= 0.3 is 12.2 Å². The molecule has 1 N–H and O–H groups in total. The van der Waals surface area contributed by atoms with Crippen molar-refractivity contribution in [3.05, 3.63) is 0 Å². The number of carbonyl (C=O) groups is 2.